The zero-order valence-corrected chi connectivity index (χ0v) is 12.0. The van der Waals surface area contributed by atoms with Crippen LogP contribution in [0.2, 0.25) is 5.02 Å². The summed E-state index contributed by atoms with van der Waals surface area (Å²) < 4.78 is 0. The van der Waals surface area contributed by atoms with Crippen molar-refractivity contribution in [2.24, 2.45) is 5.73 Å². The van der Waals surface area contributed by atoms with E-state index in [1.54, 1.807) is 11.3 Å². The van der Waals surface area contributed by atoms with Crippen LogP contribution in [0.3, 0.4) is 0 Å². The highest BCUT2D eigenvalue weighted by atomic mass is 35.5. The van der Waals surface area contributed by atoms with E-state index in [1.165, 1.54) is 0 Å². The van der Waals surface area contributed by atoms with E-state index in [-0.39, 0.29) is 6.04 Å². The second kappa shape index (κ2) is 5.69. The van der Waals surface area contributed by atoms with Gasteiger partial charge in [0.25, 0.3) is 0 Å². The van der Waals surface area contributed by atoms with Gasteiger partial charge in [0, 0.05) is 30.0 Å². The molecule has 0 fully saturated rings. The smallest absolute Gasteiger partial charge is 0.185 e. The molecule has 18 heavy (non-hydrogen) atoms. The van der Waals surface area contributed by atoms with Crippen molar-refractivity contribution in [2.45, 2.75) is 19.5 Å². The van der Waals surface area contributed by atoms with Gasteiger partial charge in [0.15, 0.2) is 5.13 Å². The molecule has 0 aliphatic rings. The molecule has 0 amide bonds. The van der Waals surface area contributed by atoms with Gasteiger partial charge in [-0.25, -0.2) is 4.98 Å². The van der Waals surface area contributed by atoms with Gasteiger partial charge >= 0.3 is 0 Å². The Bertz CT molecular complexity index is 524. The Kier molecular flexibility index (Phi) is 4.22. The van der Waals surface area contributed by atoms with Gasteiger partial charge < -0.3 is 10.6 Å². The monoisotopic (exact) mass is 281 g/mol. The largest absolute Gasteiger partial charge is 0.347 e. The standard InChI is InChI=1S/C13H16ClN3S/c1-9(15)12-8-18-13(16-12)17(2)7-10-5-3-4-6-11(10)14/h3-6,8-9H,7,15H2,1-2H3. The van der Waals surface area contributed by atoms with Crippen molar-refractivity contribution in [3.63, 3.8) is 0 Å². The number of hydrogen-bond donors (Lipinski definition) is 1. The molecule has 2 rings (SSSR count). The lowest BCUT2D eigenvalue weighted by atomic mass is 10.2. The molecule has 1 aromatic carbocycles. The van der Waals surface area contributed by atoms with Gasteiger partial charge in [-0.3, -0.25) is 0 Å². The van der Waals surface area contributed by atoms with Crippen LogP contribution in [0, 0.1) is 0 Å². The predicted octanol–water partition coefficient (Wildman–Crippen LogP) is 3.45. The fraction of sp³-hybridized carbons (Fsp3) is 0.308. The van der Waals surface area contributed by atoms with Gasteiger partial charge in [-0.1, -0.05) is 29.8 Å². The zero-order valence-electron chi connectivity index (χ0n) is 10.4. The van der Waals surface area contributed by atoms with Crippen LogP contribution >= 0.6 is 22.9 Å². The maximum atomic E-state index is 6.15. The van der Waals surface area contributed by atoms with Crippen LogP contribution in [0.1, 0.15) is 24.2 Å². The number of nitrogens with zero attached hydrogens (tertiary/aromatic N) is 2. The van der Waals surface area contributed by atoms with Crippen molar-refractivity contribution in [3.05, 3.63) is 45.9 Å². The first-order valence-electron chi connectivity index (χ1n) is 5.73. The maximum absolute atomic E-state index is 6.15. The highest BCUT2D eigenvalue weighted by Gasteiger charge is 2.11. The molecule has 1 heterocycles. The normalized spacial score (nSPS) is 12.4. The average molecular weight is 282 g/mol. The van der Waals surface area contributed by atoms with Gasteiger partial charge in [-0.05, 0) is 18.6 Å². The summed E-state index contributed by atoms with van der Waals surface area (Å²) in [5.74, 6) is 0. The first-order valence-corrected chi connectivity index (χ1v) is 6.99. The number of hydrogen-bond acceptors (Lipinski definition) is 4. The summed E-state index contributed by atoms with van der Waals surface area (Å²) >= 11 is 7.75. The van der Waals surface area contributed by atoms with Crippen LogP contribution in [0.4, 0.5) is 5.13 Å². The molecule has 0 saturated heterocycles. The van der Waals surface area contributed by atoms with Crippen LogP contribution in [0.5, 0.6) is 0 Å². The Balaban J connectivity index is 2.12. The quantitative estimate of drug-likeness (QED) is 0.933. The maximum Gasteiger partial charge on any atom is 0.185 e. The molecule has 2 aromatic rings. The number of halogens is 1. The van der Waals surface area contributed by atoms with Crippen LogP contribution in [-0.2, 0) is 6.54 Å². The molecule has 1 aromatic heterocycles. The molecule has 96 valence electrons. The average Bonchev–Trinajstić information content (AvgIpc) is 2.81. The van der Waals surface area contributed by atoms with Gasteiger partial charge in [-0.15, -0.1) is 11.3 Å². The van der Waals surface area contributed by atoms with Crippen LogP contribution in [-0.4, -0.2) is 12.0 Å². The van der Waals surface area contributed by atoms with E-state index in [0.717, 1.165) is 28.0 Å². The third kappa shape index (κ3) is 3.02. The summed E-state index contributed by atoms with van der Waals surface area (Å²) in [6, 6.07) is 7.83. The van der Waals surface area contributed by atoms with E-state index >= 15 is 0 Å². The highest BCUT2D eigenvalue weighted by molar-refractivity contribution is 7.13. The highest BCUT2D eigenvalue weighted by Crippen LogP contribution is 2.25. The molecule has 1 unspecified atom stereocenters. The fourth-order valence-corrected chi connectivity index (χ4v) is 2.70. The van der Waals surface area contributed by atoms with Gasteiger partial charge in [0.2, 0.25) is 0 Å². The molecule has 0 aliphatic carbocycles. The Morgan fingerprint density at radius 3 is 2.78 bits per heavy atom. The lowest BCUT2D eigenvalue weighted by Crippen LogP contribution is -2.16. The summed E-state index contributed by atoms with van der Waals surface area (Å²) in [5.41, 5.74) is 7.84. The van der Waals surface area contributed by atoms with E-state index in [4.69, 9.17) is 17.3 Å². The molecule has 1 atom stereocenters. The molecule has 0 bridgehead atoms. The topological polar surface area (TPSA) is 42.1 Å². The molecule has 0 aliphatic heterocycles. The van der Waals surface area contributed by atoms with Crippen molar-refractivity contribution in [3.8, 4) is 0 Å². The molecule has 5 heteroatoms. The summed E-state index contributed by atoms with van der Waals surface area (Å²) in [6.45, 7) is 2.68. The molecule has 0 spiro atoms. The van der Waals surface area contributed by atoms with Crippen molar-refractivity contribution in [2.75, 3.05) is 11.9 Å². The number of anilines is 1. The van der Waals surface area contributed by atoms with Crippen molar-refractivity contribution in [1.29, 1.82) is 0 Å². The number of thiazole rings is 1. The first kappa shape index (κ1) is 13.3. The minimum absolute atomic E-state index is 0.0243. The van der Waals surface area contributed by atoms with E-state index in [9.17, 15) is 0 Å². The van der Waals surface area contributed by atoms with Crippen molar-refractivity contribution >= 4 is 28.1 Å². The summed E-state index contributed by atoms with van der Waals surface area (Å²) in [7, 11) is 2.01. The molecule has 0 radical (unpaired) electrons. The summed E-state index contributed by atoms with van der Waals surface area (Å²) in [4.78, 5) is 6.59. The lowest BCUT2D eigenvalue weighted by molar-refractivity contribution is 0.783. The Hall–Kier alpha value is -1.10. The van der Waals surface area contributed by atoms with Gasteiger partial charge in [0.1, 0.15) is 0 Å². The predicted molar refractivity (Wildman–Crippen MR) is 78.3 cm³/mol. The van der Waals surface area contributed by atoms with E-state index in [0.29, 0.717) is 0 Å². The SMILES string of the molecule is CC(N)c1csc(N(C)Cc2ccccc2Cl)n1. The molecule has 2 N–H and O–H groups in total. The second-order valence-corrected chi connectivity index (χ2v) is 5.53. The number of nitrogens with two attached hydrogens (primary N) is 1. The Morgan fingerprint density at radius 2 is 2.17 bits per heavy atom. The number of aromatic nitrogens is 1. The van der Waals surface area contributed by atoms with Gasteiger partial charge in [0.05, 0.1) is 5.69 Å². The molecule has 0 saturated carbocycles. The molecule has 3 nitrogen and oxygen atoms in total. The van der Waals surface area contributed by atoms with E-state index in [1.807, 2.05) is 43.6 Å². The third-order valence-electron chi connectivity index (χ3n) is 2.67. The third-order valence-corrected chi connectivity index (χ3v) is 4.01. The van der Waals surface area contributed by atoms with Crippen LogP contribution < -0.4 is 10.6 Å². The van der Waals surface area contributed by atoms with Crippen molar-refractivity contribution in [1.82, 2.24) is 4.98 Å². The second-order valence-electron chi connectivity index (χ2n) is 4.29. The molecular weight excluding hydrogens is 266 g/mol. The number of rotatable bonds is 4. The van der Waals surface area contributed by atoms with Crippen molar-refractivity contribution < 1.29 is 0 Å². The number of benzene rings is 1. The minimum atomic E-state index is -0.0243. The Labute approximate surface area is 116 Å². The first-order chi connectivity index (χ1) is 8.58. The van der Waals surface area contributed by atoms with Gasteiger partial charge in [-0.2, -0.15) is 0 Å². The minimum Gasteiger partial charge on any atom is -0.347 e. The van der Waals surface area contributed by atoms with Crippen LogP contribution in [0.25, 0.3) is 0 Å². The Morgan fingerprint density at radius 1 is 1.44 bits per heavy atom. The summed E-state index contributed by atoms with van der Waals surface area (Å²) in [6.07, 6.45) is 0. The van der Waals surface area contributed by atoms with E-state index < -0.39 is 0 Å². The fourth-order valence-electron chi connectivity index (χ4n) is 1.61. The van der Waals surface area contributed by atoms with Crippen LogP contribution in [0.15, 0.2) is 29.6 Å². The molecular formula is C13H16ClN3S. The van der Waals surface area contributed by atoms with E-state index in [2.05, 4.69) is 9.88 Å². The lowest BCUT2D eigenvalue weighted by Gasteiger charge is -2.16. The zero-order chi connectivity index (χ0) is 13.1. The summed E-state index contributed by atoms with van der Waals surface area (Å²) in [5, 5.41) is 3.75.